The summed E-state index contributed by atoms with van der Waals surface area (Å²) in [7, 11) is 0. The summed E-state index contributed by atoms with van der Waals surface area (Å²) in [5.74, 6) is -0.767. The van der Waals surface area contributed by atoms with Gasteiger partial charge >= 0.3 is 17.7 Å². The Hall–Kier alpha value is -1.44. The highest BCUT2D eigenvalue weighted by atomic mass is 35.5. The van der Waals surface area contributed by atoms with Crippen molar-refractivity contribution in [1.29, 1.82) is 0 Å². The Morgan fingerprint density at radius 3 is 1.86 bits per heavy atom. The van der Waals surface area contributed by atoms with Crippen molar-refractivity contribution in [2.75, 3.05) is 6.54 Å². The molecule has 0 saturated heterocycles. The maximum Gasteiger partial charge on any atom is 0.416 e. The van der Waals surface area contributed by atoms with E-state index in [1.807, 2.05) is 0 Å². The van der Waals surface area contributed by atoms with Gasteiger partial charge in [-0.2, -0.15) is 26.3 Å². The van der Waals surface area contributed by atoms with Gasteiger partial charge in [0.15, 0.2) is 0 Å². The first-order chi connectivity index (χ1) is 9.41. The van der Waals surface area contributed by atoms with E-state index < -0.39 is 34.8 Å². The zero-order valence-corrected chi connectivity index (χ0v) is 11.3. The molecular weight excluding hydrogens is 324 g/mol. The molecule has 0 heterocycles. The van der Waals surface area contributed by atoms with Crippen LogP contribution in [-0.2, 0) is 12.4 Å². The topological polar surface area (TPSA) is 29.1 Å². The number of amides is 1. The standard InChI is InChI=1S/C12H10ClF6NO/c1-6(5-20-10(13)21)7-2-8(11(14,15)16)4-9(3-7)12(17,18)19/h2-4,6H,5H2,1H3,(H,20,21)/t6-/m0/s1. The summed E-state index contributed by atoms with van der Waals surface area (Å²) in [6.07, 6.45) is -9.79. The van der Waals surface area contributed by atoms with Crippen molar-refractivity contribution in [1.82, 2.24) is 5.32 Å². The minimum atomic E-state index is -4.90. The molecule has 1 aromatic carbocycles. The molecule has 21 heavy (non-hydrogen) atoms. The molecule has 0 radical (unpaired) electrons. The van der Waals surface area contributed by atoms with Gasteiger partial charge in [-0.25, -0.2) is 0 Å². The van der Waals surface area contributed by atoms with Crippen LogP contribution in [0.4, 0.5) is 31.1 Å². The number of nitrogens with one attached hydrogen (secondary N) is 1. The first-order valence-corrected chi connectivity index (χ1v) is 6.01. The van der Waals surface area contributed by atoms with E-state index in [0.29, 0.717) is 12.1 Å². The molecule has 2 nitrogen and oxygen atoms in total. The van der Waals surface area contributed by atoms with E-state index in [9.17, 15) is 31.1 Å². The fourth-order valence-corrected chi connectivity index (χ4v) is 1.69. The zero-order valence-electron chi connectivity index (χ0n) is 10.6. The molecule has 1 aromatic rings. The highest BCUT2D eigenvalue weighted by molar-refractivity contribution is 6.62. The van der Waals surface area contributed by atoms with Crippen LogP contribution in [0.1, 0.15) is 29.5 Å². The minimum absolute atomic E-state index is 0.0519. The van der Waals surface area contributed by atoms with Gasteiger partial charge in [0.05, 0.1) is 11.1 Å². The molecule has 0 spiro atoms. The molecular formula is C12H10ClF6NO. The third-order valence-electron chi connectivity index (χ3n) is 2.73. The highest BCUT2D eigenvalue weighted by Crippen LogP contribution is 2.37. The lowest BCUT2D eigenvalue weighted by molar-refractivity contribution is -0.143. The van der Waals surface area contributed by atoms with Crippen LogP contribution in [0.2, 0.25) is 0 Å². The molecule has 0 aliphatic heterocycles. The number of benzene rings is 1. The Morgan fingerprint density at radius 1 is 1.10 bits per heavy atom. The summed E-state index contributed by atoms with van der Waals surface area (Å²) in [5, 5.41) is 1.18. The summed E-state index contributed by atoms with van der Waals surface area (Å²) < 4.78 is 75.9. The summed E-state index contributed by atoms with van der Waals surface area (Å²) in [5.41, 5.74) is -2.98. The summed E-state index contributed by atoms with van der Waals surface area (Å²) in [6, 6.07) is 1.30. The van der Waals surface area contributed by atoms with Crippen LogP contribution >= 0.6 is 11.6 Å². The molecule has 0 fully saturated rings. The fraction of sp³-hybridized carbons (Fsp3) is 0.417. The van der Waals surface area contributed by atoms with Crippen molar-refractivity contribution >= 4 is 17.0 Å². The predicted molar refractivity (Wildman–Crippen MR) is 64.1 cm³/mol. The van der Waals surface area contributed by atoms with E-state index in [2.05, 4.69) is 5.32 Å². The van der Waals surface area contributed by atoms with E-state index in [4.69, 9.17) is 11.6 Å². The maximum atomic E-state index is 12.7. The Kier molecular flexibility index (Phi) is 5.14. The Balaban J connectivity index is 3.22. The van der Waals surface area contributed by atoms with Gasteiger partial charge in [0.2, 0.25) is 0 Å². The second kappa shape index (κ2) is 6.13. The molecule has 9 heteroatoms. The average Bonchev–Trinajstić information content (AvgIpc) is 2.33. The number of alkyl halides is 6. The molecule has 1 rings (SSSR count). The van der Waals surface area contributed by atoms with Gasteiger partial charge in [-0.05, 0) is 41.3 Å². The summed E-state index contributed by atoms with van der Waals surface area (Å²) in [6.45, 7) is 1.20. The van der Waals surface area contributed by atoms with Gasteiger partial charge in [-0.1, -0.05) is 6.92 Å². The van der Waals surface area contributed by atoms with Crippen molar-refractivity contribution < 1.29 is 31.1 Å². The van der Waals surface area contributed by atoms with E-state index >= 15 is 0 Å². The van der Waals surface area contributed by atoms with Crippen LogP contribution in [0.3, 0.4) is 0 Å². The smallest absolute Gasteiger partial charge is 0.342 e. The number of hydrogen-bond acceptors (Lipinski definition) is 1. The average molecular weight is 334 g/mol. The third kappa shape index (κ3) is 5.11. The van der Waals surface area contributed by atoms with Crippen molar-refractivity contribution in [3.05, 3.63) is 34.9 Å². The van der Waals surface area contributed by atoms with Crippen LogP contribution in [0.25, 0.3) is 0 Å². The Labute approximate surface area is 121 Å². The Bertz CT molecular complexity index is 493. The minimum Gasteiger partial charge on any atom is -0.342 e. The molecule has 1 atom stereocenters. The zero-order chi connectivity index (χ0) is 16.4. The largest absolute Gasteiger partial charge is 0.416 e. The van der Waals surface area contributed by atoms with Gasteiger partial charge in [0, 0.05) is 6.54 Å². The quantitative estimate of drug-likeness (QED) is 0.481. The number of rotatable bonds is 3. The van der Waals surface area contributed by atoms with E-state index in [-0.39, 0.29) is 18.2 Å². The molecule has 1 N–H and O–H groups in total. The van der Waals surface area contributed by atoms with Crippen LogP contribution in [-0.4, -0.2) is 11.9 Å². The van der Waals surface area contributed by atoms with Crippen LogP contribution in [0, 0.1) is 0 Å². The molecule has 0 aliphatic rings. The van der Waals surface area contributed by atoms with E-state index in [1.165, 1.54) is 6.92 Å². The number of carbonyl (C=O) groups is 1. The molecule has 0 saturated carbocycles. The van der Waals surface area contributed by atoms with Gasteiger partial charge < -0.3 is 5.32 Å². The molecule has 1 amide bonds. The van der Waals surface area contributed by atoms with E-state index in [1.54, 1.807) is 0 Å². The van der Waals surface area contributed by atoms with Crippen molar-refractivity contribution in [2.45, 2.75) is 25.2 Å². The van der Waals surface area contributed by atoms with Crippen LogP contribution in [0.5, 0.6) is 0 Å². The lowest BCUT2D eigenvalue weighted by Gasteiger charge is -2.18. The fourth-order valence-electron chi connectivity index (χ4n) is 1.61. The second-order valence-electron chi connectivity index (χ2n) is 4.39. The number of halogens is 7. The van der Waals surface area contributed by atoms with Crippen molar-refractivity contribution in [3.63, 3.8) is 0 Å². The lowest BCUT2D eigenvalue weighted by atomic mass is 9.96. The first kappa shape index (κ1) is 17.6. The van der Waals surface area contributed by atoms with Crippen LogP contribution in [0.15, 0.2) is 18.2 Å². The number of hydrogen-bond donors (Lipinski definition) is 1. The lowest BCUT2D eigenvalue weighted by Crippen LogP contribution is -2.23. The molecule has 118 valence electrons. The number of carbonyl (C=O) groups excluding carboxylic acids is 1. The molecule has 0 bridgehead atoms. The molecule has 0 unspecified atom stereocenters. The van der Waals surface area contributed by atoms with Crippen molar-refractivity contribution in [3.8, 4) is 0 Å². The normalized spacial score (nSPS) is 13.9. The summed E-state index contributed by atoms with van der Waals surface area (Å²) >= 11 is 5.01. The van der Waals surface area contributed by atoms with Gasteiger partial charge in [0.1, 0.15) is 0 Å². The molecule has 0 aromatic heterocycles. The summed E-state index contributed by atoms with van der Waals surface area (Å²) in [4.78, 5) is 10.5. The third-order valence-corrected chi connectivity index (χ3v) is 2.86. The van der Waals surface area contributed by atoms with Gasteiger partial charge in [-0.15, -0.1) is 0 Å². The predicted octanol–water partition coefficient (Wildman–Crippen LogP) is 4.78. The monoisotopic (exact) mass is 333 g/mol. The highest BCUT2D eigenvalue weighted by Gasteiger charge is 2.37. The molecule has 0 aliphatic carbocycles. The van der Waals surface area contributed by atoms with Crippen LogP contribution < -0.4 is 5.32 Å². The SMILES string of the molecule is C[C@@H](CNC(=O)Cl)c1cc(C(F)(F)F)cc(C(F)(F)F)c1. The van der Waals surface area contributed by atoms with Crippen molar-refractivity contribution in [2.24, 2.45) is 0 Å². The Morgan fingerprint density at radius 2 is 1.52 bits per heavy atom. The first-order valence-electron chi connectivity index (χ1n) is 5.64. The maximum absolute atomic E-state index is 12.7. The van der Waals surface area contributed by atoms with Gasteiger partial charge in [-0.3, -0.25) is 4.79 Å². The second-order valence-corrected chi connectivity index (χ2v) is 4.74. The van der Waals surface area contributed by atoms with Gasteiger partial charge in [0.25, 0.3) is 0 Å². The van der Waals surface area contributed by atoms with E-state index in [0.717, 1.165) is 0 Å².